The molecule has 6 aromatic rings. The van der Waals surface area contributed by atoms with Gasteiger partial charge in [-0.3, -0.25) is 14.8 Å². The third-order valence-corrected chi connectivity index (χ3v) is 15.7. The number of rotatable bonds is 18. The van der Waals surface area contributed by atoms with Gasteiger partial charge in [-0.2, -0.15) is 0 Å². The monoisotopic (exact) mass is 991 g/mol. The Morgan fingerprint density at radius 1 is 0.841 bits per heavy atom. The van der Waals surface area contributed by atoms with Crippen molar-refractivity contribution in [2.45, 2.75) is 68.0 Å². The zero-order chi connectivity index (χ0) is 48.8. The molecule has 0 bridgehead atoms. The number of carboxylic acids is 1. The average molecular weight is 993 g/mol. The lowest BCUT2D eigenvalue weighted by Crippen LogP contribution is -2.46. The molecule has 2 saturated heterocycles. The van der Waals surface area contributed by atoms with Gasteiger partial charge in [-0.05, 0) is 124 Å². The molecule has 14 nitrogen and oxygen atoms in total. The van der Waals surface area contributed by atoms with Crippen molar-refractivity contribution in [1.82, 2.24) is 9.47 Å². The number of nitro groups is 1. The largest absolute Gasteiger partial charge is 0.478 e. The molecule has 1 aromatic heterocycles. The van der Waals surface area contributed by atoms with Crippen molar-refractivity contribution in [2.75, 3.05) is 71.4 Å². The van der Waals surface area contributed by atoms with Gasteiger partial charge in [0.05, 0.1) is 27.2 Å². The fraction of sp³-hybridized carbons (Fsp3) is 0.327. The first kappa shape index (κ1) is 49.4. The predicted molar refractivity (Wildman–Crippen MR) is 278 cm³/mol. The lowest BCUT2D eigenvalue weighted by Gasteiger charge is -2.37. The first-order chi connectivity index (χ1) is 33.1. The Morgan fingerprint density at radius 2 is 1.51 bits per heavy atom. The number of carboxylic acid groups (broad SMARTS) is 1. The number of hydrogen-bond acceptors (Lipinski definition) is 11. The maximum atomic E-state index is 13.7. The number of aliphatic hydroxyl groups excluding tert-OH is 1. The molecule has 8 rings (SSSR count). The second-order valence-corrected chi connectivity index (χ2v) is 21.1. The van der Waals surface area contributed by atoms with Crippen LogP contribution in [0.15, 0.2) is 131 Å². The van der Waals surface area contributed by atoms with E-state index in [1.165, 1.54) is 12.1 Å². The van der Waals surface area contributed by atoms with Crippen LogP contribution in [-0.2, 0) is 10.0 Å². The number of nitrogens with one attached hydrogen (secondary N) is 2. The smallest absolute Gasteiger partial charge is 0.338 e. The number of piperidine rings is 1. The van der Waals surface area contributed by atoms with Gasteiger partial charge in [0.25, 0.3) is 15.7 Å². The highest BCUT2D eigenvalue weighted by Crippen LogP contribution is 2.42. The van der Waals surface area contributed by atoms with E-state index in [9.17, 15) is 33.5 Å². The lowest BCUT2D eigenvalue weighted by molar-refractivity contribution is -0.384. The van der Waals surface area contributed by atoms with E-state index < -0.39 is 20.9 Å². The summed E-state index contributed by atoms with van der Waals surface area (Å²) in [6.45, 7) is 11.1. The van der Waals surface area contributed by atoms with E-state index in [2.05, 4.69) is 35.4 Å². The van der Waals surface area contributed by atoms with Crippen LogP contribution in [0.25, 0.3) is 22.4 Å². The van der Waals surface area contributed by atoms with Gasteiger partial charge in [0, 0.05) is 108 Å². The molecule has 0 amide bonds. The molecule has 0 spiro atoms. The number of anilines is 4. The number of aromatic nitrogens is 1. The number of benzene rings is 5. The van der Waals surface area contributed by atoms with E-state index in [1.807, 2.05) is 106 Å². The second kappa shape index (κ2) is 21.7. The van der Waals surface area contributed by atoms with Crippen LogP contribution in [-0.4, -0.2) is 103 Å². The standard InChI is InChI=1S/C52H58ClN7O7S2/c1-35(2)59-36(3)49(52(62)63)50(51(59)37-12-14-39(53)15-13-37)38-8-7-9-43(32-38)58-30-28-57(29-31-58)42-18-16-40(17-19-42)55-69(66,67)46-20-21-47(48(33-46)60(64)65)54-41(34-68-45-10-5-4-6-11-45)22-25-56-26-23-44(61)24-27-56/h4-21,32-33,35,41,44,54-55,61H,22-31,34H2,1-3H3,(H,62,63). The summed E-state index contributed by atoms with van der Waals surface area (Å²) in [6, 6.07) is 36.4. The van der Waals surface area contributed by atoms with Crippen LogP contribution in [0, 0.1) is 17.0 Å². The Hall–Kier alpha value is -6.04. The molecule has 3 heterocycles. The maximum Gasteiger partial charge on any atom is 0.338 e. The SMILES string of the molecule is Cc1c(C(=O)O)c(-c2cccc(N3CCN(c4ccc(NS(=O)(=O)c5ccc(NC(CCN6CCC(O)CC6)CSc6ccccc6)c([N+](=O)[O-])c5)cc4)CC3)c2)c(-c2ccc(Cl)cc2)n1C(C)C. The summed E-state index contributed by atoms with van der Waals surface area (Å²) >= 11 is 7.91. The number of aliphatic hydroxyl groups is 1. The molecule has 362 valence electrons. The molecular weight excluding hydrogens is 934 g/mol. The minimum Gasteiger partial charge on any atom is -0.478 e. The number of piperazine rings is 1. The highest BCUT2D eigenvalue weighted by atomic mass is 35.5. The van der Waals surface area contributed by atoms with Crippen molar-refractivity contribution >= 4 is 67.8 Å². The number of aromatic carboxylic acids is 1. The summed E-state index contributed by atoms with van der Waals surface area (Å²) in [4.78, 5) is 32.4. The number of thioether (sulfide) groups is 1. The summed E-state index contributed by atoms with van der Waals surface area (Å²) < 4.78 is 32.1. The highest BCUT2D eigenvalue weighted by Gasteiger charge is 2.30. The second-order valence-electron chi connectivity index (χ2n) is 17.9. The Kier molecular flexibility index (Phi) is 15.5. The van der Waals surface area contributed by atoms with Crippen molar-refractivity contribution in [2.24, 2.45) is 0 Å². The van der Waals surface area contributed by atoms with E-state index in [0.717, 1.165) is 71.6 Å². The third kappa shape index (κ3) is 11.7. The zero-order valence-corrected chi connectivity index (χ0v) is 41.3. The van der Waals surface area contributed by atoms with E-state index in [0.29, 0.717) is 60.3 Å². The van der Waals surface area contributed by atoms with Crippen LogP contribution in [0.2, 0.25) is 5.02 Å². The van der Waals surface area contributed by atoms with Crippen molar-refractivity contribution in [3.8, 4) is 22.4 Å². The lowest BCUT2D eigenvalue weighted by atomic mass is 9.96. The molecule has 69 heavy (non-hydrogen) atoms. The molecule has 5 aromatic carbocycles. The minimum absolute atomic E-state index is 0.00416. The molecule has 0 radical (unpaired) electrons. The van der Waals surface area contributed by atoms with Crippen molar-refractivity contribution in [3.05, 3.63) is 148 Å². The van der Waals surface area contributed by atoms with Crippen LogP contribution in [0.3, 0.4) is 0 Å². The van der Waals surface area contributed by atoms with E-state index in [4.69, 9.17) is 11.6 Å². The average Bonchev–Trinajstić information content (AvgIpc) is 3.67. The molecule has 2 fully saturated rings. The van der Waals surface area contributed by atoms with Crippen molar-refractivity contribution in [1.29, 1.82) is 0 Å². The Balaban J connectivity index is 0.927. The predicted octanol–water partition coefficient (Wildman–Crippen LogP) is 10.5. The molecule has 17 heteroatoms. The Labute approximate surface area is 413 Å². The van der Waals surface area contributed by atoms with Gasteiger partial charge in [0.1, 0.15) is 5.69 Å². The fourth-order valence-corrected chi connectivity index (χ4v) is 11.6. The first-order valence-corrected chi connectivity index (χ1v) is 26.1. The number of carbonyl (C=O) groups is 1. The maximum absolute atomic E-state index is 13.7. The van der Waals surface area contributed by atoms with E-state index in [-0.39, 0.29) is 40.0 Å². The molecule has 1 atom stereocenters. The number of nitrogens with zero attached hydrogens (tertiary/aromatic N) is 5. The number of halogens is 1. The van der Waals surface area contributed by atoms with Gasteiger partial charge in [0.15, 0.2) is 0 Å². The molecule has 0 saturated carbocycles. The minimum atomic E-state index is -4.20. The molecule has 2 aliphatic heterocycles. The number of sulfonamides is 1. The summed E-state index contributed by atoms with van der Waals surface area (Å²) in [5.41, 5.74) is 6.27. The third-order valence-electron chi connectivity index (χ3n) is 12.9. The van der Waals surface area contributed by atoms with Gasteiger partial charge in [-0.15, -0.1) is 11.8 Å². The zero-order valence-electron chi connectivity index (χ0n) is 38.9. The number of nitro benzene ring substituents is 1. The number of likely N-dealkylation sites (tertiary alicyclic amines) is 1. The molecule has 0 aliphatic carbocycles. The molecule has 4 N–H and O–H groups in total. The summed E-state index contributed by atoms with van der Waals surface area (Å²) in [5, 5.41) is 36.9. The highest BCUT2D eigenvalue weighted by molar-refractivity contribution is 7.99. The topological polar surface area (TPSA) is 174 Å². The van der Waals surface area contributed by atoms with E-state index in [1.54, 1.807) is 23.9 Å². The van der Waals surface area contributed by atoms with Gasteiger partial charge in [-0.25, -0.2) is 13.2 Å². The van der Waals surface area contributed by atoms with Crippen LogP contribution < -0.4 is 19.8 Å². The van der Waals surface area contributed by atoms with Crippen LogP contribution in [0.1, 0.15) is 55.2 Å². The van der Waals surface area contributed by atoms with Gasteiger partial charge >= 0.3 is 5.97 Å². The van der Waals surface area contributed by atoms with Crippen molar-refractivity contribution < 1.29 is 28.3 Å². The molecular formula is C52H58ClN7O7S2. The van der Waals surface area contributed by atoms with Gasteiger partial charge in [-0.1, -0.05) is 54.1 Å². The Morgan fingerprint density at radius 3 is 2.14 bits per heavy atom. The summed E-state index contributed by atoms with van der Waals surface area (Å²) in [7, 11) is -4.20. The van der Waals surface area contributed by atoms with Crippen molar-refractivity contribution in [3.63, 3.8) is 0 Å². The normalized spacial score (nSPS) is 15.3. The summed E-state index contributed by atoms with van der Waals surface area (Å²) in [6.07, 6.45) is 1.86. The van der Waals surface area contributed by atoms with Gasteiger partial charge < -0.3 is 34.8 Å². The fourth-order valence-electron chi connectivity index (χ4n) is 9.39. The number of hydrogen-bond donors (Lipinski definition) is 4. The van der Waals surface area contributed by atoms with Crippen LogP contribution in [0.5, 0.6) is 0 Å². The van der Waals surface area contributed by atoms with Gasteiger partial charge in [0.2, 0.25) is 0 Å². The van der Waals surface area contributed by atoms with E-state index >= 15 is 0 Å². The van der Waals surface area contributed by atoms with Crippen LogP contribution in [0.4, 0.5) is 28.4 Å². The summed E-state index contributed by atoms with van der Waals surface area (Å²) in [5.74, 6) is -0.348. The quantitative estimate of drug-likeness (QED) is 0.0365. The van der Waals surface area contributed by atoms with Crippen LogP contribution >= 0.6 is 23.4 Å². The molecule has 2 aliphatic rings. The Bertz CT molecular complexity index is 2870. The molecule has 1 unspecified atom stereocenters. The first-order valence-electron chi connectivity index (χ1n) is 23.3.